The molecule has 0 spiro atoms. The molecule has 0 bridgehead atoms. The lowest BCUT2D eigenvalue weighted by Gasteiger charge is -2.31. The van der Waals surface area contributed by atoms with Gasteiger partial charge in [0.2, 0.25) is 0 Å². The fourth-order valence-electron chi connectivity index (χ4n) is 4.12. The van der Waals surface area contributed by atoms with Crippen LogP contribution in [0.3, 0.4) is 0 Å². The number of aromatic amines is 1. The van der Waals surface area contributed by atoms with Gasteiger partial charge in [0.15, 0.2) is 5.78 Å². The number of anilines is 1. The first-order chi connectivity index (χ1) is 15.7. The summed E-state index contributed by atoms with van der Waals surface area (Å²) in [6.07, 6.45) is 6.98. The van der Waals surface area contributed by atoms with E-state index in [-0.39, 0.29) is 23.5 Å². The third-order valence-corrected chi connectivity index (χ3v) is 5.67. The van der Waals surface area contributed by atoms with Gasteiger partial charge in [-0.15, -0.1) is 0 Å². The standard InChI is InChI=1S/C26H28N2O4/c29-16-7-17-32-20-9-6-8-19(18-20)12-13-23(30)24-25(28-14-4-1-5-15-28)21-10-2-3-11-22(21)27-26(24)31/h2-3,6,8-13,18,29H,1,4-5,7,14-17H2,(H,27,31). The van der Waals surface area contributed by atoms with E-state index in [9.17, 15) is 9.59 Å². The van der Waals surface area contributed by atoms with Crippen LogP contribution in [0.5, 0.6) is 5.75 Å². The summed E-state index contributed by atoms with van der Waals surface area (Å²) < 4.78 is 5.60. The zero-order valence-corrected chi connectivity index (χ0v) is 18.0. The van der Waals surface area contributed by atoms with Crippen molar-refractivity contribution in [2.24, 2.45) is 0 Å². The van der Waals surface area contributed by atoms with Crippen molar-refractivity contribution in [2.45, 2.75) is 25.7 Å². The highest BCUT2D eigenvalue weighted by molar-refractivity contribution is 6.14. The molecule has 0 aliphatic carbocycles. The van der Waals surface area contributed by atoms with Crippen molar-refractivity contribution in [3.63, 3.8) is 0 Å². The van der Waals surface area contributed by atoms with Gasteiger partial charge in [-0.25, -0.2) is 0 Å². The lowest BCUT2D eigenvalue weighted by Crippen LogP contribution is -2.33. The molecule has 2 heterocycles. The van der Waals surface area contributed by atoms with Gasteiger partial charge in [0.25, 0.3) is 5.56 Å². The van der Waals surface area contributed by atoms with Gasteiger partial charge in [-0.2, -0.15) is 0 Å². The number of ketones is 1. The predicted octanol–water partition coefficient (Wildman–Crippen LogP) is 4.18. The van der Waals surface area contributed by atoms with E-state index < -0.39 is 0 Å². The highest BCUT2D eigenvalue weighted by atomic mass is 16.5. The van der Waals surface area contributed by atoms with Crippen LogP contribution in [0.15, 0.2) is 59.4 Å². The van der Waals surface area contributed by atoms with Crippen LogP contribution in [0, 0.1) is 0 Å². The van der Waals surface area contributed by atoms with Crippen molar-refractivity contribution in [3.05, 3.63) is 76.1 Å². The van der Waals surface area contributed by atoms with Crippen molar-refractivity contribution in [1.29, 1.82) is 0 Å². The zero-order chi connectivity index (χ0) is 22.3. The molecule has 1 aromatic heterocycles. The number of carbonyl (C=O) groups is 1. The lowest BCUT2D eigenvalue weighted by atomic mass is 10.0. The van der Waals surface area contributed by atoms with E-state index in [2.05, 4.69) is 9.88 Å². The molecule has 1 aliphatic rings. The second-order valence-electron chi connectivity index (χ2n) is 7.97. The Balaban J connectivity index is 1.67. The minimum Gasteiger partial charge on any atom is -0.493 e. The monoisotopic (exact) mass is 432 g/mol. The van der Waals surface area contributed by atoms with Gasteiger partial charge in [-0.05, 0) is 49.1 Å². The van der Waals surface area contributed by atoms with Crippen molar-refractivity contribution >= 4 is 28.4 Å². The number of ether oxygens (including phenoxy) is 1. The van der Waals surface area contributed by atoms with Crippen LogP contribution >= 0.6 is 0 Å². The molecular formula is C26H28N2O4. The smallest absolute Gasteiger partial charge is 0.261 e. The number of nitrogens with zero attached hydrogens (tertiary/aromatic N) is 1. The van der Waals surface area contributed by atoms with Crippen LogP contribution in [0.4, 0.5) is 5.69 Å². The number of hydrogen-bond acceptors (Lipinski definition) is 5. The number of benzene rings is 2. The molecule has 6 heteroatoms. The molecule has 32 heavy (non-hydrogen) atoms. The minimum absolute atomic E-state index is 0.0771. The first-order valence-electron chi connectivity index (χ1n) is 11.1. The number of pyridine rings is 1. The summed E-state index contributed by atoms with van der Waals surface area (Å²) in [5.41, 5.74) is 2.11. The van der Waals surface area contributed by atoms with Crippen LogP contribution in [0.25, 0.3) is 17.0 Å². The maximum Gasteiger partial charge on any atom is 0.261 e. The molecule has 0 unspecified atom stereocenters. The average Bonchev–Trinajstić information content (AvgIpc) is 2.82. The SMILES string of the molecule is O=C(C=Cc1cccc(OCCCO)c1)c1c(N2CCCCC2)c2ccccc2[nH]c1=O. The van der Waals surface area contributed by atoms with Gasteiger partial charge >= 0.3 is 0 Å². The number of carbonyl (C=O) groups excluding carboxylic acids is 1. The minimum atomic E-state index is -0.361. The van der Waals surface area contributed by atoms with E-state index in [1.54, 1.807) is 6.08 Å². The molecule has 0 amide bonds. The fourth-order valence-corrected chi connectivity index (χ4v) is 4.12. The number of aliphatic hydroxyl groups excluding tert-OH is 1. The Labute approximate surface area is 187 Å². The van der Waals surface area contributed by atoms with Crippen LogP contribution < -0.4 is 15.2 Å². The number of H-pyrrole nitrogens is 1. The molecule has 1 fully saturated rings. The molecule has 1 aliphatic heterocycles. The molecule has 166 valence electrons. The maximum absolute atomic E-state index is 13.2. The number of aromatic nitrogens is 1. The molecule has 2 aromatic carbocycles. The second kappa shape index (κ2) is 10.3. The van der Waals surface area contributed by atoms with E-state index in [1.165, 1.54) is 6.08 Å². The number of fused-ring (bicyclic) bond motifs is 1. The van der Waals surface area contributed by atoms with Gasteiger partial charge in [-0.3, -0.25) is 9.59 Å². The molecule has 0 atom stereocenters. The topological polar surface area (TPSA) is 82.6 Å². The molecule has 4 rings (SSSR count). The van der Waals surface area contributed by atoms with Crippen LogP contribution in [0.1, 0.15) is 41.6 Å². The normalized spacial score (nSPS) is 14.2. The van der Waals surface area contributed by atoms with E-state index in [4.69, 9.17) is 9.84 Å². The number of allylic oxidation sites excluding steroid dienone is 1. The third-order valence-electron chi connectivity index (χ3n) is 5.67. The summed E-state index contributed by atoms with van der Waals surface area (Å²) in [5, 5.41) is 9.79. The summed E-state index contributed by atoms with van der Waals surface area (Å²) in [4.78, 5) is 31.3. The largest absolute Gasteiger partial charge is 0.493 e. The van der Waals surface area contributed by atoms with E-state index in [0.717, 1.165) is 54.5 Å². The van der Waals surface area contributed by atoms with Crippen molar-refractivity contribution in [3.8, 4) is 5.75 Å². The highest BCUT2D eigenvalue weighted by Crippen LogP contribution is 2.30. The first-order valence-corrected chi connectivity index (χ1v) is 11.1. The van der Waals surface area contributed by atoms with Gasteiger partial charge < -0.3 is 19.7 Å². The van der Waals surface area contributed by atoms with Crippen molar-refractivity contribution in [2.75, 3.05) is 31.2 Å². The van der Waals surface area contributed by atoms with Gasteiger partial charge in [0.1, 0.15) is 11.3 Å². The summed E-state index contributed by atoms with van der Waals surface area (Å²) in [7, 11) is 0. The Hall–Kier alpha value is -3.38. The van der Waals surface area contributed by atoms with Crippen LogP contribution in [-0.4, -0.2) is 42.2 Å². The molecule has 0 radical (unpaired) electrons. The zero-order valence-electron chi connectivity index (χ0n) is 18.0. The summed E-state index contributed by atoms with van der Waals surface area (Å²) in [5.74, 6) is 0.356. The van der Waals surface area contributed by atoms with Crippen LogP contribution in [-0.2, 0) is 0 Å². The fraction of sp³-hybridized carbons (Fsp3) is 0.308. The van der Waals surface area contributed by atoms with Crippen molar-refractivity contribution < 1.29 is 14.6 Å². The summed E-state index contributed by atoms with van der Waals surface area (Å²) >= 11 is 0. The Kier molecular flexibility index (Phi) is 7.02. The molecule has 1 saturated heterocycles. The quantitative estimate of drug-likeness (QED) is 0.317. The lowest BCUT2D eigenvalue weighted by molar-refractivity contribution is 0.104. The second-order valence-corrected chi connectivity index (χ2v) is 7.97. The molecule has 0 saturated carbocycles. The average molecular weight is 433 g/mol. The number of hydrogen-bond donors (Lipinski definition) is 2. The number of rotatable bonds is 8. The van der Waals surface area contributed by atoms with E-state index in [1.807, 2.05) is 48.5 Å². The van der Waals surface area contributed by atoms with Gasteiger partial charge in [0, 0.05) is 31.5 Å². The Morgan fingerprint density at radius 3 is 2.72 bits per heavy atom. The molecular weight excluding hydrogens is 404 g/mol. The number of nitrogens with one attached hydrogen (secondary N) is 1. The summed E-state index contributed by atoms with van der Waals surface area (Å²) in [6.45, 7) is 2.18. The number of aliphatic hydroxyl groups is 1. The van der Waals surface area contributed by atoms with Gasteiger partial charge in [0.05, 0.1) is 17.8 Å². The van der Waals surface area contributed by atoms with E-state index in [0.29, 0.717) is 18.8 Å². The molecule has 2 N–H and O–H groups in total. The Morgan fingerprint density at radius 2 is 1.91 bits per heavy atom. The summed E-state index contributed by atoms with van der Waals surface area (Å²) in [6, 6.07) is 15.0. The highest BCUT2D eigenvalue weighted by Gasteiger charge is 2.23. The Morgan fingerprint density at radius 1 is 1.09 bits per heavy atom. The molecule has 3 aromatic rings. The number of para-hydroxylation sites is 1. The maximum atomic E-state index is 13.2. The predicted molar refractivity (Wildman–Crippen MR) is 128 cm³/mol. The van der Waals surface area contributed by atoms with Crippen LogP contribution in [0.2, 0.25) is 0 Å². The van der Waals surface area contributed by atoms with Gasteiger partial charge in [-0.1, -0.05) is 36.4 Å². The van der Waals surface area contributed by atoms with E-state index >= 15 is 0 Å². The third kappa shape index (κ3) is 4.92. The Bertz CT molecular complexity index is 1180. The molecule has 6 nitrogen and oxygen atoms in total. The number of piperidine rings is 1. The van der Waals surface area contributed by atoms with Crippen molar-refractivity contribution in [1.82, 2.24) is 4.98 Å². The first kappa shape index (κ1) is 21.8.